The summed E-state index contributed by atoms with van der Waals surface area (Å²) in [5, 5.41) is 3.09. The van der Waals surface area contributed by atoms with Gasteiger partial charge in [0.2, 0.25) is 0 Å². The normalized spacial score (nSPS) is 12.7. The van der Waals surface area contributed by atoms with Gasteiger partial charge in [-0.25, -0.2) is 8.78 Å². The number of fused-ring (bicyclic) bond motifs is 1. The summed E-state index contributed by atoms with van der Waals surface area (Å²) in [6.07, 6.45) is 0.292. The van der Waals surface area contributed by atoms with E-state index in [0.29, 0.717) is 12.0 Å². The smallest absolute Gasteiger partial charge is 0.126 e. The number of rotatable bonds is 4. The number of hydrogen-bond donors (Lipinski definition) is 2. The maximum atomic E-state index is 13.8. The van der Waals surface area contributed by atoms with Crippen molar-refractivity contribution in [2.75, 3.05) is 0 Å². The van der Waals surface area contributed by atoms with Crippen LogP contribution < -0.4 is 11.3 Å². The lowest BCUT2D eigenvalue weighted by Crippen LogP contribution is -2.29. The Balaban J connectivity index is 1.97. The highest BCUT2D eigenvalue weighted by molar-refractivity contribution is 7.17. The third kappa shape index (κ3) is 2.81. The second kappa shape index (κ2) is 5.89. The molecule has 0 aliphatic heterocycles. The number of nitrogens with two attached hydrogens (primary N) is 1. The van der Waals surface area contributed by atoms with E-state index >= 15 is 0 Å². The number of hydrogen-bond acceptors (Lipinski definition) is 3. The second-order valence-corrected chi connectivity index (χ2v) is 5.76. The molecule has 0 bridgehead atoms. The molecule has 0 saturated heterocycles. The zero-order valence-electron chi connectivity index (χ0n) is 11.1. The summed E-state index contributed by atoms with van der Waals surface area (Å²) in [5.41, 5.74) is 4.02. The van der Waals surface area contributed by atoms with Gasteiger partial charge in [0.05, 0.1) is 6.04 Å². The fourth-order valence-corrected chi connectivity index (χ4v) is 3.46. The van der Waals surface area contributed by atoms with Gasteiger partial charge in [-0.05, 0) is 52.6 Å². The summed E-state index contributed by atoms with van der Waals surface area (Å²) in [6, 6.07) is 11.2. The van der Waals surface area contributed by atoms with Crippen molar-refractivity contribution >= 4 is 21.4 Å². The van der Waals surface area contributed by atoms with Gasteiger partial charge >= 0.3 is 0 Å². The number of halogens is 2. The Labute approximate surface area is 125 Å². The molecule has 1 atom stereocenters. The maximum absolute atomic E-state index is 13.8. The molecule has 0 saturated carbocycles. The van der Waals surface area contributed by atoms with E-state index in [2.05, 4.69) is 5.43 Å². The third-order valence-electron chi connectivity index (χ3n) is 3.52. The maximum Gasteiger partial charge on any atom is 0.126 e. The summed E-state index contributed by atoms with van der Waals surface area (Å²) in [5.74, 6) is 4.76. The molecule has 108 valence electrons. The van der Waals surface area contributed by atoms with Gasteiger partial charge in [0.15, 0.2) is 0 Å². The molecule has 0 fully saturated rings. The molecule has 0 aliphatic rings. The summed E-state index contributed by atoms with van der Waals surface area (Å²) in [7, 11) is 0. The predicted molar refractivity (Wildman–Crippen MR) is 82.0 cm³/mol. The van der Waals surface area contributed by atoms with Crippen LogP contribution >= 0.6 is 11.3 Å². The van der Waals surface area contributed by atoms with Gasteiger partial charge in [-0.15, -0.1) is 11.3 Å². The molecular weight excluding hydrogens is 290 g/mol. The van der Waals surface area contributed by atoms with E-state index < -0.39 is 11.6 Å². The average Bonchev–Trinajstić information content (AvgIpc) is 2.92. The Hall–Kier alpha value is -1.82. The Morgan fingerprint density at radius 2 is 1.95 bits per heavy atom. The van der Waals surface area contributed by atoms with Crippen molar-refractivity contribution in [1.82, 2.24) is 5.43 Å². The lowest BCUT2D eigenvalue weighted by Gasteiger charge is -2.16. The molecular formula is C16H14F2N2S. The topological polar surface area (TPSA) is 38.0 Å². The molecule has 21 heavy (non-hydrogen) atoms. The lowest BCUT2D eigenvalue weighted by atomic mass is 9.98. The monoisotopic (exact) mass is 304 g/mol. The third-order valence-corrected chi connectivity index (χ3v) is 4.50. The van der Waals surface area contributed by atoms with Crippen LogP contribution in [-0.4, -0.2) is 0 Å². The van der Waals surface area contributed by atoms with Crippen LogP contribution in [0.2, 0.25) is 0 Å². The molecule has 2 nitrogen and oxygen atoms in total. The minimum atomic E-state index is -0.447. The van der Waals surface area contributed by atoms with Gasteiger partial charge in [0.1, 0.15) is 11.6 Å². The highest BCUT2D eigenvalue weighted by atomic mass is 32.1. The van der Waals surface area contributed by atoms with Crippen LogP contribution in [0.25, 0.3) is 10.1 Å². The van der Waals surface area contributed by atoms with E-state index in [0.717, 1.165) is 27.8 Å². The quantitative estimate of drug-likeness (QED) is 0.566. The van der Waals surface area contributed by atoms with E-state index in [1.54, 1.807) is 11.3 Å². The van der Waals surface area contributed by atoms with E-state index in [9.17, 15) is 8.78 Å². The number of thiophene rings is 1. The predicted octanol–water partition coefficient (Wildman–Crippen LogP) is 3.93. The van der Waals surface area contributed by atoms with Crippen molar-refractivity contribution in [2.24, 2.45) is 5.84 Å². The van der Waals surface area contributed by atoms with Crippen LogP contribution in [0.5, 0.6) is 0 Å². The fourth-order valence-electron chi connectivity index (χ4n) is 2.45. The number of hydrazine groups is 1. The molecule has 3 rings (SSSR count). The zero-order chi connectivity index (χ0) is 14.8. The van der Waals surface area contributed by atoms with Gasteiger partial charge in [-0.3, -0.25) is 11.3 Å². The number of nitrogens with one attached hydrogen (secondary N) is 1. The SMILES string of the molecule is NNC(Cc1cc(F)ccc1F)c1csc2ccccc12. The van der Waals surface area contributed by atoms with Gasteiger partial charge in [-0.1, -0.05) is 18.2 Å². The highest BCUT2D eigenvalue weighted by Gasteiger charge is 2.17. The number of benzene rings is 2. The molecule has 0 spiro atoms. The molecule has 3 N–H and O–H groups in total. The molecule has 0 amide bonds. The lowest BCUT2D eigenvalue weighted by molar-refractivity contribution is 0.526. The van der Waals surface area contributed by atoms with E-state index in [4.69, 9.17) is 5.84 Å². The summed E-state index contributed by atoms with van der Waals surface area (Å²) in [6.45, 7) is 0. The minimum absolute atomic E-state index is 0.266. The van der Waals surface area contributed by atoms with Crippen molar-refractivity contribution in [2.45, 2.75) is 12.5 Å². The molecule has 2 aromatic carbocycles. The first-order valence-electron chi connectivity index (χ1n) is 6.55. The largest absolute Gasteiger partial charge is 0.271 e. The van der Waals surface area contributed by atoms with E-state index in [1.165, 1.54) is 6.07 Å². The Morgan fingerprint density at radius 1 is 1.14 bits per heavy atom. The van der Waals surface area contributed by atoms with Gasteiger partial charge in [0.25, 0.3) is 0 Å². The summed E-state index contributed by atoms with van der Waals surface area (Å²) in [4.78, 5) is 0. The van der Waals surface area contributed by atoms with Gasteiger partial charge < -0.3 is 0 Å². The standard InChI is InChI=1S/C16H14F2N2S/c17-11-5-6-14(18)10(7-11)8-15(20-19)13-9-21-16-4-2-1-3-12(13)16/h1-7,9,15,20H,8,19H2. The van der Waals surface area contributed by atoms with Crippen molar-refractivity contribution in [3.8, 4) is 0 Å². The first kappa shape index (κ1) is 14.1. The molecule has 5 heteroatoms. The molecule has 1 unspecified atom stereocenters. The first-order chi connectivity index (χ1) is 10.2. The van der Waals surface area contributed by atoms with Crippen LogP contribution in [0.3, 0.4) is 0 Å². The van der Waals surface area contributed by atoms with Crippen molar-refractivity contribution in [3.05, 3.63) is 70.6 Å². The van der Waals surface area contributed by atoms with Crippen LogP contribution in [0.4, 0.5) is 8.78 Å². The molecule has 0 aliphatic carbocycles. The van der Waals surface area contributed by atoms with Crippen LogP contribution in [0.1, 0.15) is 17.2 Å². The molecule has 1 aromatic heterocycles. The Bertz CT molecular complexity index is 770. The Morgan fingerprint density at radius 3 is 2.76 bits per heavy atom. The molecule has 3 aromatic rings. The highest BCUT2D eigenvalue weighted by Crippen LogP contribution is 2.31. The van der Waals surface area contributed by atoms with Gasteiger partial charge in [0, 0.05) is 4.70 Å². The summed E-state index contributed by atoms with van der Waals surface area (Å²) >= 11 is 1.61. The van der Waals surface area contributed by atoms with Crippen molar-refractivity contribution in [3.63, 3.8) is 0 Å². The zero-order valence-corrected chi connectivity index (χ0v) is 12.0. The Kier molecular flexibility index (Phi) is 3.96. The van der Waals surface area contributed by atoms with Gasteiger partial charge in [-0.2, -0.15) is 0 Å². The van der Waals surface area contributed by atoms with E-state index in [1.807, 2.05) is 29.6 Å². The molecule has 1 heterocycles. The first-order valence-corrected chi connectivity index (χ1v) is 7.43. The molecule has 0 radical (unpaired) electrons. The van der Waals surface area contributed by atoms with Crippen molar-refractivity contribution < 1.29 is 8.78 Å². The average molecular weight is 304 g/mol. The summed E-state index contributed by atoms with van der Waals surface area (Å²) < 4.78 is 28.2. The van der Waals surface area contributed by atoms with E-state index in [-0.39, 0.29) is 6.04 Å². The van der Waals surface area contributed by atoms with Crippen molar-refractivity contribution in [1.29, 1.82) is 0 Å². The fraction of sp³-hybridized carbons (Fsp3) is 0.125. The van der Waals surface area contributed by atoms with Crippen LogP contribution in [0.15, 0.2) is 47.8 Å². The minimum Gasteiger partial charge on any atom is -0.271 e. The second-order valence-electron chi connectivity index (χ2n) is 4.85. The van der Waals surface area contributed by atoms with Crippen LogP contribution in [-0.2, 0) is 6.42 Å². The van der Waals surface area contributed by atoms with Crippen LogP contribution in [0, 0.1) is 11.6 Å².